The van der Waals surface area contributed by atoms with Crippen molar-refractivity contribution in [3.05, 3.63) is 65.9 Å². The topological polar surface area (TPSA) is 59.1 Å². The number of benzene rings is 2. The van der Waals surface area contributed by atoms with Crippen LogP contribution in [0.15, 0.2) is 54.7 Å². The summed E-state index contributed by atoms with van der Waals surface area (Å²) < 4.78 is 46.0. The third kappa shape index (κ3) is 4.90. The van der Waals surface area contributed by atoms with Crippen LogP contribution < -0.4 is 15.4 Å². The van der Waals surface area contributed by atoms with E-state index in [1.54, 1.807) is 37.4 Å². The lowest BCUT2D eigenvalue weighted by Crippen LogP contribution is -2.13. The van der Waals surface area contributed by atoms with Crippen molar-refractivity contribution in [1.29, 1.82) is 0 Å². The predicted octanol–water partition coefficient (Wildman–Crippen LogP) is 6.65. The van der Waals surface area contributed by atoms with E-state index in [0.29, 0.717) is 23.0 Å². The van der Waals surface area contributed by atoms with Crippen molar-refractivity contribution >= 4 is 23.1 Å². The first-order chi connectivity index (χ1) is 14.9. The lowest BCUT2D eigenvalue weighted by Gasteiger charge is -2.19. The number of rotatable bonds is 6. The molecule has 8 heteroatoms. The van der Waals surface area contributed by atoms with Gasteiger partial charge in [0.1, 0.15) is 17.1 Å². The molecule has 0 saturated heterocycles. The second kappa shape index (κ2) is 8.83. The summed E-state index contributed by atoms with van der Waals surface area (Å²) in [6.45, 7) is 0. The average molecular weight is 428 g/mol. The molecule has 0 unspecified atom stereocenters. The highest BCUT2D eigenvalue weighted by Crippen LogP contribution is 2.40. The number of ether oxygens (including phenoxy) is 1. The number of hydrogen-bond acceptors (Lipinski definition) is 5. The van der Waals surface area contributed by atoms with Crippen LogP contribution in [0.4, 0.5) is 36.3 Å². The standard InChI is InChI=1S/C23H23F3N4O/c1-31-17-12-10-16(11-13-17)28-22-27-14-19(23(24,25)26)21(30-22)29-20-9-5-4-8-18(20)15-6-2-3-7-15/h4-5,8-15H,2-3,6-7H2,1H3,(H2,27,28,29,30). The maximum Gasteiger partial charge on any atom is 0.421 e. The maximum absolute atomic E-state index is 13.6. The van der Waals surface area contributed by atoms with Crippen LogP contribution in [-0.4, -0.2) is 17.1 Å². The van der Waals surface area contributed by atoms with Crippen molar-refractivity contribution in [1.82, 2.24) is 9.97 Å². The van der Waals surface area contributed by atoms with E-state index in [-0.39, 0.29) is 11.8 Å². The number of aromatic nitrogens is 2. The van der Waals surface area contributed by atoms with Gasteiger partial charge in [0.15, 0.2) is 0 Å². The van der Waals surface area contributed by atoms with Crippen LogP contribution in [0.1, 0.15) is 42.7 Å². The predicted molar refractivity (Wildman–Crippen MR) is 114 cm³/mol. The Bertz CT molecular complexity index is 1030. The first kappa shape index (κ1) is 21.0. The lowest BCUT2D eigenvalue weighted by molar-refractivity contribution is -0.137. The number of hydrogen-bond donors (Lipinski definition) is 2. The molecule has 0 spiro atoms. The Morgan fingerprint density at radius 3 is 2.35 bits per heavy atom. The average Bonchev–Trinajstić information content (AvgIpc) is 3.29. The summed E-state index contributed by atoms with van der Waals surface area (Å²) in [4.78, 5) is 8.03. The number of para-hydroxylation sites is 1. The van der Waals surface area contributed by atoms with Crippen molar-refractivity contribution in [2.75, 3.05) is 17.7 Å². The summed E-state index contributed by atoms with van der Waals surface area (Å²) in [5, 5.41) is 5.88. The van der Waals surface area contributed by atoms with Crippen LogP contribution in [0, 0.1) is 0 Å². The van der Waals surface area contributed by atoms with Crippen LogP contribution in [0.2, 0.25) is 0 Å². The molecule has 3 aromatic rings. The van der Waals surface area contributed by atoms with Gasteiger partial charge < -0.3 is 15.4 Å². The van der Waals surface area contributed by atoms with Gasteiger partial charge >= 0.3 is 6.18 Å². The Labute approximate surface area is 178 Å². The molecule has 2 aromatic carbocycles. The number of alkyl halides is 3. The van der Waals surface area contributed by atoms with E-state index < -0.39 is 11.7 Å². The Hall–Kier alpha value is -3.29. The number of anilines is 4. The fourth-order valence-corrected chi connectivity index (χ4v) is 3.88. The molecule has 5 nitrogen and oxygen atoms in total. The van der Waals surface area contributed by atoms with Gasteiger partial charge in [0.05, 0.1) is 7.11 Å². The number of nitrogens with zero attached hydrogens (tertiary/aromatic N) is 2. The number of methoxy groups -OCH3 is 1. The largest absolute Gasteiger partial charge is 0.497 e. The van der Waals surface area contributed by atoms with E-state index in [0.717, 1.165) is 37.4 Å². The highest BCUT2D eigenvalue weighted by molar-refractivity contribution is 5.66. The monoisotopic (exact) mass is 428 g/mol. The molecular formula is C23H23F3N4O. The zero-order valence-corrected chi connectivity index (χ0v) is 17.0. The Morgan fingerprint density at radius 1 is 0.968 bits per heavy atom. The van der Waals surface area contributed by atoms with Gasteiger partial charge in [-0.1, -0.05) is 31.0 Å². The van der Waals surface area contributed by atoms with Gasteiger partial charge in [0, 0.05) is 17.6 Å². The van der Waals surface area contributed by atoms with Crippen molar-refractivity contribution in [2.24, 2.45) is 0 Å². The van der Waals surface area contributed by atoms with E-state index in [1.165, 1.54) is 0 Å². The molecule has 2 N–H and O–H groups in total. The number of halogens is 3. The van der Waals surface area contributed by atoms with Crippen molar-refractivity contribution in [3.63, 3.8) is 0 Å². The zero-order chi connectivity index (χ0) is 21.8. The van der Waals surface area contributed by atoms with Gasteiger partial charge in [0.25, 0.3) is 0 Å². The molecule has 0 bridgehead atoms. The zero-order valence-electron chi connectivity index (χ0n) is 17.0. The van der Waals surface area contributed by atoms with Gasteiger partial charge in [-0.05, 0) is 54.7 Å². The van der Waals surface area contributed by atoms with Gasteiger partial charge in [-0.3, -0.25) is 0 Å². The Kier molecular flexibility index (Phi) is 5.97. The maximum atomic E-state index is 13.6. The van der Waals surface area contributed by atoms with Gasteiger partial charge in [-0.2, -0.15) is 18.2 Å². The molecule has 0 amide bonds. The van der Waals surface area contributed by atoms with Crippen LogP contribution >= 0.6 is 0 Å². The minimum atomic E-state index is -4.58. The minimum Gasteiger partial charge on any atom is -0.497 e. The van der Waals surface area contributed by atoms with Gasteiger partial charge in [-0.25, -0.2) is 4.98 Å². The van der Waals surface area contributed by atoms with E-state index >= 15 is 0 Å². The molecule has 1 aromatic heterocycles. The molecule has 1 heterocycles. The van der Waals surface area contributed by atoms with E-state index in [9.17, 15) is 13.2 Å². The molecule has 31 heavy (non-hydrogen) atoms. The molecule has 0 atom stereocenters. The molecular weight excluding hydrogens is 405 g/mol. The molecule has 1 aliphatic carbocycles. The third-order valence-electron chi connectivity index (χ3n) is 5.45. The smallest absolute Gasteiger partial charge is 0.421 e. The normalized spacial score (nSPS) is 14.5. The molecule has 1 saturated carbocycles. The summed E-state index contributed by atoms with van der Waals surface area (Å²) in [7, 11) is 1.56. The van der Waals surface area contributed by atoms with E-state index in [2.05, 4.69) is 20.6 Å². The first-order valence-electron chi connectivity index (χ1n) is 10.2. The third-order valence-corrected chi connectivity index (χ3v) is 5.45. The van der Waals surface area contributed by atoms with E-state index in [1.807, 2.05) is 18.2 Å². The lowest BCUT2D eigenvalue weighted by atomic mass is 9.96. The first-order valence-corrected chi connectivity index (χ1v) is 10.2. The molecule has 4 rings (SSSR count). The van der Waals surface area contributed by atoms with Gasteiger partial charge in [-0.15, -0.1) is 0 Å². The minimum absolute atomic E-state index is 0.0685. The van der Waals surface area contributed by atoms with Crippen LogP contribution in [0.5, 0.6) is 5.75 Å². The highest BCUT2D eigenvalue weighted by atomic mass is 19.4. The molecule has 0 radical (unpaired) electrons. The Balaban J connectivity index is 1.66. The SMILES string of the molecule is COc1ccc(Nc2ncc(C(F)(F)F)c(Nc3ccccc3C3CCCC3)n2)cc1. The van der Waals surface area contributed by atoms with E-state index in [4.69, 9.17) is 4.74 Å². The molecule has 1 fully saturated rings. The number of nitrogens with one attached hydrogen (secondary N) is 2. The summed E-state index contributed by atoms with van der Waals surface area (Å²) in [6, 6.07) is 14.5. The molecule has 162 valence electrons. The second-order valence-electron chi connectivity index (χ2n) is 7.50. The van der Waals surface area contributed by atoms with Crippen molar-refractivity contribution in [3.8, 4) is 5.75 Å². The molecule has 1 aliphatic rings. The Morgan fingerprint density at radius 2 is 1.68 bits per heavy atom. The summed E-state index contributed by atoms with van der Waals surface area (Å²) >= 11 is 0. The quantitative estimate of drug-likeness (QED) is 0.460. The van der Waals surface area contributed by atoms with Crippen LogP contribution in [-0.2, 0) is 6.18 Å². The van der Waals surface area contributed by atoms with Crippen LogP contribution in [0.25, 0.3) is 0 Å². The van der Waals surface area contributed by atoms with Crippen molar-refractivity contribution < 1.29 is 17.9 Å². The fraction of sp³-hybridized carbons (Fsp3) is 0.304. The van der Waals surface area contributed by atoms with Crippen LogP contribution in [0.3, 0.4) is 0 Å². The van der Waals surface area contributed by atoms with Crippen molar-refractivity contribution in [2.45, 2.75) is 37.8 Å². The highest BCUT2D eigenvalue weighted by Gasteiger charge is 2.35. The van der Waals surface area contributed by atoms with Gasteiger partial charge in [0.2, 0.25) is 5.95 Å². The summed E-state index contributed by atoms with van der Waals surface area (Å²) in [5.41, 5.74) is 1.40. The summed E-state index contributed by atoms with van der Waals surface area (Å²) in [6.07, 6.45) is 0.576. The fourth-order valence-electron chi connectivity index (χ4n) is 3.88. The summed E-state index contributed by atoms with van der Waals surface area (Å²) in [5.74, 6) is 0.810. The second-order valence-corrected chi connectivity index (χ2v) is 7.50. The molecule has 0 aliphatic heterocycles.